The van der Waals surface area contributed by atoms with Crippen LogP contribution in [0.5, 0.6) is 0 Å². The quantitative estimate of drug-likeness (QED) is 0.874. The molecule has 1 saturated carbocycles. The summed E-state index contributed by atoms with van der Waals surface area (Å²) in [7, 11) is 0. The van der Waals surface area contributed by atoms with Crippen molar-refractivity contribution in [2.45, 2.75) is 19.3 Å². The molecular formula is C17H21NO. The van der Waals surface area contributed by atoms with Gasteiger partial charge in [0.15, 0.2) is 0 Å². The molecule has 100 valence electrons. The van der Waals surface area contributed by atoms with Gasteiger partial charge < -0.3 is 10.4 Å². The molecule has 2 aromatic rings. The normalized spacial score (nSPS) is 22.8. The van der Waals surface area contributed by atoms with Crippen LogP contribution in [-0.4, -0.2) is 18.3 Å². The summed E-state index contributed by atoms with van der Waals surface area (Å²) in [6.07, 6.45) is 3.68. The number of hydrogen-bond acceptors (Lipinski definition) is 2. The lowest BCUT2D eigenvalue weighted by Crippen LogP contribution is -2.20. The first-order valence-electron chi connectivity index (χ1n) is 7.20. The zero-order valence-corrected chi connectivity index (χ0v) is 11.2. The fourth-order valence-electron chi connectivity index (χ4n) is 3.17. The molecule has 2 unspecified atom stereocenters. The van der Waals surface area contributed by atoms with Crippen molar-refractivity contribution in [3.63, 3.8) is 0 Å². The highest BCUT2D eigenvalue weighted by atomic mass is 16.3. The van der Waals surface area contributed by atoms with E-state index in [2.05, 4.69) is 47.8 Å². The third-order valence-electron chi connectivity index (χ3n) is 4.37. The minimum absolute atomic E-state index is 0.337. The summed E-state index contributed by atoms with van der Waals surface area (Å²) in [5.41, 5.74) is 1.18. The lowest BCUT2D eigenvalue weighted by molar-refractivity contribution is 0.199. The molecule has 0 bridgehead atoms. The highest BCUT2D eigenvalue weighted by molar-refractivity contribution is 5.85. The molecule has 0 spiro atoms. The van der Waals surface area contributed by atoms with Gasteiger partial charge in [0.1, 0.15) is 0 Å². The van der Waals surface area contributed by atoms with Gasteiger partial charge in [-0.25, -0.2) is 0 Å². The van der Waals surface area contributed by atoms with Crippen LogP contribution in [0, 0.1) is 11.8 Å². The Balaban J connectivity index is 1.68. The highest BCUT2D eigenvalue weighted by Crippen LogP contribution is 2.31. The molecule has 0 radical (unpaired) electrons. The molecule has 1 aliphatic carbocycles. The average Bonchev–Trinajstić information content (AvgIpc) is 2.92. The molecule has 2 N–H and O–H groups in total. The number of nitrogens with one attached hydrogen (secondary N) is 1. The van der Waals surface area contributed by atoms with Gasteiger partial charge in [-0.05, 0) is 47.6 Å². The zero-order valence-electron chi connectivity index (χ0n) is 11.2. The maximum absolute atomic E-state index is 9.35. The Bertz CT molecular complexity index is 552. The molecule has 1 aliphatic rings. The second kappa shape index (κ2) is 5.62. The van der Waals surface area contributed by atoms with Gasteiger partial charge in [-0.15, -0.1) is 0 Å². The monoisotopic (exact) mass is 255 g/mol. The maximum Gasteiger partial charge on any atom is 0.0462 e. The van der Waals surface area contributed by atoms with Crippen molar-refractivity contribution in [3.05, 3.63) is 42.5 Å². The van der Waals surface area contributed by atoms with Gasteiger partial charge in [-0.2, -0.15) is 0 Å². The first-order valence-corrected chi connectivity index (χ1v) is 7.20. The van der Waals surface area contributed by atoms with Crippen molar-refractivity contribution in [2.75, 3.05) is 18.5 Å². The fourth-order valence-corrected chi connectivity index (χ4v) is 3.17. The Labute approximate surface area is 114 Å². The molecule has 0 heterocycles. The number of hydrogen-bond donors (Lipinski definition) is 2. The van der Waals surface area contributed by atoms with Crippen molar-refractivity contribution in [2.24, 2.45) is 11.8 Å². The zero-order chi connectivity index (χ0) is 13.1. The Kier molecular flexibility index (Phi) is 3.69. The van der Waals surface area contributed by atoms with E-state index in [0.29, 0.717) is 18.4 Å². The molecule has 0 aliphatic heterocycles. The third kappa shape index (κ3) is 2.74. The van der Waals surface area contributed by atoms with Crippen LogP contribution in [0.15, 0.2) is 42.5 Å². The lowest BCUT2D eigenvalue weighted by atomic mass is 9.97. The Morgan fingerprint density at radius 3 is 2.63 bits per heavy atom. The van der Waals surface area contributed by atoms with E-state index in [9.17, 15) is 5.11 Å². The van der Waals surface area contributed by atoms with Crippen molar-refractivity contribution in [1.82, 2.24) is 0 Å². The summed E-state index contributed by atoms with van der Waals surface area (Å²) >= 11 is 0. The van der Waals surface area contributed by atoms with E-state index in [1.165, 1.54) is 35.7 Å². The van der Waals surface area contributed by atoms with E-state index in [1.54, 1.807) is 0 Å². The van der Waals surface area contributed by atoms with Crippen LogP contribution < -0.4 is 5.32 Å². The predicted octanol–water partition coefficient (Wildman–Crippen LogP) is 3.66. The van der Waals surface area contributed by atoms with Crippen LogP contribution in [-0.2, 0) is 0 Å². The molecule has 2 atom stereocenters. The van der Waals surface area contributed by atoms with E-state index in [-0.39, 0.29) is 0 Å². The number of anilines is 1. The van der Waals surface area contributed by atoms with Crippen LogP contribution in [0.4, 0.5) is 5.69 Å². The lowest BCUT2D eigenvalue weighted by Gasteiger charge is -2.18. The van der Waals surface area contributed by atoms with E-state index < -0.39 is 0 Å². The van der Waals surface area contributed by atoms with Gasteiger partial charge in [-0.3, -0.25) is 0 Å². The van der Waals surface area contributed by atoms with E-state index in [0.717, 1.165) is 6.54 Å². The Hall–Kier alpha value is -1.54. The Morgan fingerprint density at radius 1 is 1.00 bits per heavy atom. The molecule has 0 aromatic heterocycles. The van der Waals surface area contributed by atoms with Crippen molar-refractivity contribution >= 4 is 16.5 Å². The van der Waals surface area contributed by atoms with Crippen molar-refractivity contribution in [1.29, 1.82) is 0 Å². The average molecular weight is 255 g/mol. The van der Waals surface area contributed by atoms with Gasteiger partial charge in [-0.1, -0.05) is 36.8 Å². The first kappa shape index (κ1) is 12.5. The summed E-state index contributed by atoms with van der Waals surface area (Å²) in [6.45, 7) is 1.31. The van der Waals surface area contributed by atoms with Crippen LogP contribution in [0.2, 0.25) is 0 Å². The number of fused-ring (bicyclic) bond motifs is 1. The fraction of sp³-hybridized carbons (Fsp3) is 0.412. The molecule has 0 amide bonds. The summed E-state index contributed by atoms with van der Waals surface area (Å²) in [4.78, 5) is 0. The van der Waals surface area contributed by atoms with Gasteiger partial charge in [0.2, 0.25) is 0 Å². The molecule has 1 fully saturated rings. The summed E-state index contributed by atoms with van der Waals surface area (Å²) < 4.78 is 0. The van der Waals surface area contributed by atoms with E-state index in [4.69, 9.17) is 0 Å². The summed E-state index contributed by atoms with van der Waals surface area (Å²) in [6, 6.07) is 14.9. The topological polar surface area (TPSA) is 32.3 Å². The highest BCUT2D eigenvalue weighted by Gasteiger charge is 2.26. The smallest absolute Gasteiger partial charge is 0.0462 e. The van der Waals surface area contributed by atoms with E-state index in [1.807, 2.05) is 0 Å². The van der Waals surface area contributed by atoms with Gasteiger partial charge in [0.05, 0.1) is 0 Å². The molecule has 2 heteroatoms. The molecular weight excluding hydrogens is 234 g/mol. The number of rotatable bonds is 4. The van der Waals surface area contributed by atoms with Gasteiger partial charge in [0, 0.05) is 18.8 Å². The van der Waals surface area contributed by atoms with Gasteiger partial charge >= 0.3 is 0 Å². The van der Waals surface area contributed by atoms with Crippen LogP contribution in [0.1, 0.15) is 19.3 Å². The Morgan fingerprint density at radius 2 is 1.79 bits per heavy atom. The standard InChI is InChI=1S/C17H21NO/c19-12-16-7-3-6-15(16)11-18-17-9-8-13-4-1-2-5-14(13)10-17/h1-2,4-5,8-10,15-16,18-19H,3,6-7,11-12H2. The molecule has 3 rings (SSSR count). The predicted molar refractivity (Wildman–Crippen MR) is 80.4 cm³/mol. The molecule has 2 aromatic carbocycles. The molecule has 19 heavy (non-hydrogen) atoms. The maximum atomic E-state index is 9.35. The second-order valence-electron chi connectivity index (χ2n) is 5.58. The minimum atomic E-state index is 0.337. The first-order chi connectivity index (χ1) is 9.36. The van der Waals surface area contributed by atoms with Crippen LogP contribution >= 0.6 is 0 Å². The third-order valence-corrected chi connectivity index (χ3v) is 4.37. The number of aliphatic hydroxyl groups excluding tert-OH is 1. The van der Waals surface area contributed by atoms with E-state index >= 15 is 0 Å². The summed E-state index contributed by atoms with van der Waals surface area (Å²) in [5, 5.41) is 15.4. The van der Waals surface area contributed by atoms with Crippen LogP contribution in [0.3, 0.4) is 0 Å². The molecule has 0 saturated heterocycles. The largest absolute Gasteiger partial charge is 0.396 e. The minimum Gasteiger partial charge on any atom is -0.396 e. The SMILES string of the molecule is OCC1CCCC1CNc1ccc2ccccc2c1. The van der Waals surface area contributed by atoms with Crippen LogP contribution in [0.25, 0.3) is 10.8 Å². The number of aliphatic hydroxyl groups is 1. The number of benzene rings is 2. The molecule has 2 nitrogen and oxygen atoms in total. The summed E-state index contributed by atoms with van der Waals surface area (Å²) in [5.74, 6) is 1.12. The van der Waals surface area contributed by atoms with Crippen molar-refractivity contribution in [3.8, 4) is 0 Å². The second-order valence-corrected chi connectivity index (χ2v) is 5.58. The van der Waals surface area contributed by atoms with Gasteiger partial charge in [0.25, 0.3) is 0 Å². The van der Waals surface area contributed by atoms with Crippen molar-refractivity contribution < 1.29 is 5.11 Å².